The molecule has 3 heteroatoms. The maximum atomic E-state index is 8.73. The molecule has 3 heterocycles. The van der Waals surface area contributed by atoms with Gasteiger partial charge in [0.2, 0.25) is 0 Å². The van der Waals surface area contributed by atoms with Crippen molar-refractivity contribution in [1.82, 2.24) is 15.0 Å². The van der Waals surface area contributed by atoms with Gasteiger partial charge in [-0.1, -0.05) is 133 Å². The highest BCUT2D eigenvalue weighted by Crippen LogP contribution is 2.43. The largest absolute Gasteiger partial charge is 0.256 e. The van der Waals surface area contributed by atoms with Gasteiger partial charge >= 0.3 is 0 Å². The molecule has 0 atom stereocenters. The van der Waals surface area contributed by atoms with Crippen molar-refractivity contribution in [3.63, 3.8) is 0 Å². The zero-order valence-corrected chi connectivity index (χ0v) is 24.6. The van der Waals surface area contributed by atoms with Crippen LogP contribution in [-0.2, 0) is 0 Å². The van der Waals surface area contributed by atoms with Crippen molar-refractivity contribution < 1.29 is 5.48 Å². The molecule has 214 valence electrons. The number of aromatic nitrogens is 3. The highest BCUT2D eigenvalue weighted by molar-refractivity contribution is 6.21. The van der Waals surface area contributed by atoms with E-state index in [1.807, 2.05) is 54.6 Å². The summed E-state index contributed by atoms with van der Waals surface area (Å²) in [6.45, 7) is 0. The number of benzene rings is 6. The maximum absolute atomic E-state index is 8.73. The summed E-state index contributed by atoms with van der Waals surface area (Å²) in [4.78, 5) is 14.6. The van der Waals surface area contributed by atoms with E-state index in [1.54, 1.807) is 0 Å². The van der Waals surface area contributed by atoms with Crippen molar-refractivity contribution in [1.29, 1.82) is 0 Å². The molecular weight excluding hydrogens is 558 g/mol. The summed E-state index contributed by atoms with van der Waals surface area (Å²) in [5.41, 5.74) is 8.57. The minimum absolute atomic E-state index is 0.152. The number of pyridine rings is 3. The Bertz CT molecular complexity index is 2740. The lowest BCUT2D eigenvalue weighted by atomic mass is 9.87. The average molecular weight is 590 g/mol. The van der Waals surface area contributed by atoms with Crippen LogP contribution in [0.15, 0.2) is 164 Å². The van der Waals surface area contributed by atoms with Crippen molar-refractivity contribution in [3.8, 4) is 44.9 Å². The second kappa shape index (κ2) is 10.8. The summed E-state index contributed by atoms with van der Waals surface area (Å²) >= 11 is 0. The number of rotatable bonds is 4. The van der Waals surface area contributed by atoms with Gasteiger partial charge in [0.05, 0.1) is 33.6 Å². The first-order chi connectivity index (χ1) is 24.5. The SMILES string of the molecule is [2H]c1nc(-c2c3ccccc3c(-c3ccc(-c4ccc5ccc6ccc(-c7ccccc7)nc6c5n4)cc3)c3ccccc23)c([2H])c([2H])c1[2H]. The third kappa shape index (κ3) is 4.33. The molecule has 0 spiro atoms. The van der Waals surface area contributed by atoms with Gasteiger partial charge in [0.15, 0.2) is 0 Å². The highest BCUT2D eigenvalue weighted by Gasteiger charge is 2.17. The molecule has 46 heavy (non-hydrogen) atoms. The number of hydrogen-bond acceptors (Lipinski definition) is 3. The van der Waals surface area contributed by atoms with Gasteiger partial charge in [0.1, 0.15) is 0 Å². The first kappa shape index (κ1) is 22.3. The Kier molecular flexibility index (Phi) is 5.22. The molecule has 0 N–H and O–H groups in total. The molecule has 0 aliphatic rings. The fourth-order valence-corrected chi connectivity index (χ4v) is 6.55. The van der Waals surface area contributed by atoms with Crippen LogP contribution in [0.25, 0.3) is 88.2 Å². The molecule has 0 saturated heterocycles. The van der Waals surface area contributed by atoms with E-state index >= 15 is 0 Å². The minimum atomic E-state index is -0.341. The highest BCUT2D eigenvalue weighted by atomic mass is 14.8. The summed E-state index contributed by atoms with van der Waals surface area (Å²) in [6, 6.07) is 46.4. The van der Waals surface area contributed by atoms with Crippen LogP contribution in [0.1, 0.15) is 5.48 Å². The molecule has 0 amide bonds. The van der Waals surface area contributed by atoms with E-state index in [0.717, 1.165) is 77.0 Å². The zero-order valence-electron chi connectivity index (χ0n) is 28.6. The van der Waals surface area contributed by atoms with Crippen LogP contribution < -0.4 is 0 Å². The van der Waals surface area contributed by atoms with Crippen molar-refractivity contribution in [2.24, 2.45) is 0 Å². The van der Waals surface area contributed by atoms with Gasteiger partial charge in [-0.15, -0.1) is 0 Å². The second-order valence-electron chi connectivity index (χ2n) is 11.3. The summed E-state index contributed by atoms with van der Waals surface area (Å²) in [5, 5.41) is 5.76. The molecule has 0 aliphatic carbocycles. The molecule has 0 unspecified atom stereocenters. The van der Waals surface area contributed by atoms with Crippen LogP contribution in [0.2, 0.25) is 0 Å². The topological polar surface area (TPSA) is 38.7 Å². The van der Waals surface area contributed by atoms with Gasteiger partial charge in [-0.05, 0) is 56.9 Å². The zero-order chi connectivity index (χ0) is 33.9. The fourth-order valence-electron chi connectivity index (χ4n) is 6.55. The Morgan fingerprint density at radius 1 is 0.391 bits per heavy atom. The molecule has 0 radical (unpaired) electrons. The first-order valence-electron chi connectivity index (χ1n) is 17.2. The lowest BCUT2D eigenvalue weighted by Crippen LogP contribution is -1.92. The van der Waals surface area contributed by atoms with E-state index < -0.39 is 0 Å². The lowest BCUT2D eigenvalue weighted by Gasteiger charge is -2.17. The molecule has 6 aromatic carbocycles. The Hall–Kier alpha value is -6.19. The monoisotopic (exact) mass is 589 g/mol. The molecule has 9 rings (SSSR count). The third-order valence-corrected chi connectivity index (χ3v) is 8.69. The first-order valence-corrected chi connectivity index (χ1v) is 15.2. The molecule has 0 aliphatic heterocycles. The van der Waals surface area contributed by atoms with E-state index in [4.69, 9.17) is 15.5 Å². The van der Waals surface area contributed by atoms with E-state index in [0.29, 0.717) is 5.56 Å². The van der Waals surface area contributed by atoms with Gasteiger partial charge < -0.3 is 0 Å². The van der Waals surface area contributed by atoms with Crippen molar-refractivity contribution in [2.45, 2.75) is 0 Å². The van der Waals surface area contributed by atoms with E-state index in [2.05, 4.69) is 89.9 Å². The van der Waals surface area contributed by atoms with Crippen LogP contribution in [0.4, 0.5) is 0 Å². The molecule has 0 fully saturated rings. The van der Waals surface area contributed by atoms with Gasteiger partial charge in [-0.2, -0.15) is 0 Å². The maximum Gasteiger partial charge on any atom is 0.0972 e. The van der Waals surface area contributed by atoms with E-state index in [-0.39, 0.29) is 30.0 Å². The van der Waals surface area contributed by atoms with Crippen molar-refractivity contribution in [2.75, 3.05) is 0 Å². The van der Waals surface area contributed by atoms with Crippen LogP contribution in [-0.4, -0.2) is 15.0 Å². The molecule has 9 aromatic rings. The lowest BCUT2D eigenvalue weighted by molar-refractivity contribution is 1.34. The summed E-state index contributed by atoms with van der Waals surface area (Å²) < 4.78 is 33.4. The molecule has 3 aromatic heterocycles. The van der Waals surface area contributed by atoms with Crippen LogP contribution in [0.3, 0.4) is 0 Å². The standard InChI is InChI=1S/C43H27N3/c1-2-10-28(11-3-1)37-25-23-31-21-22-32-24-26-38(46-43(32)42(31)45-37)29-17-19-30(20-18-29)40-33-12-4-6-14-35(33)41(39-16-8-9-27-44-39)36-15-7-5-13-34(36)40/h1-27H/i8D,9D,16D,27D. The molecule has 0 saturated carbocycles. The Morgan fingerprint density at radius 3 is 1.46 bits per heavy atom. The Labute approximate surface area is 272 Å². The Balaban J connectivity index is 1.19. The van der Waals surface area contributed by atoms with Gasteiger partial charge in [0, 0.05) is 33.6 Å². The number of nitrogens with zero attached hydrogens (tertiary/aromatic N) is 3. The summed E-state index contributed by atoms with van der Waals surface area (Å²) in [6.07, 6.45) is -0.309. The molecular formula is C43H27N3. The van der Waals surface area contributed by atoms with E-state index in [1.165, 1.54) is 0 Å². The van der Waals surface area contributed by atoms with Gasteiger partial charge in [0.25, 0.3) is 0 Å². The summed E-state index contributed by atoms with van der Waals surface area (Å²) in [7, 11) is 0. The minimum Gasteiger partial charge on any atom is -0.256 e. The van der Waals surface area contributed by atoms with Crippen molar-refractivity contribution in [3.05, 3.63) is 164 Å². The van der Waals surface area contributed by atoms with Gasteiger partial charge in [-0.3, -0.25) is 4.98 Å². The van der Waals surface area contributed by atoms with Crippen LogP contribution in [0, 0.1) is 0 Å². The van der Waals surface area contributed by atoms with Crippen LogP contribution in [0.5, 0.6) is 0 Å². The molecule has 0 bridgehead atoms. The number of hydrogen-bond donors (Lipinski definition) is 0. The third-order valence-electron chi connectivity index (χ3n) is 8.69. The summed E-state index contributed by atoms with van der Waals surface area (Å²) in [5.74, 6) is 0. The van der Waals surface area contributed by atoms with Crippen LogP contribution >= 0.6 is 0 Å². The Morgan fingerprint density at radius 2 is 0.870 bits per heavy atom. The normalized spacial score (nSPS) is 12.7. The fraction of sp³-hybridized carbons (Fsp3) is 0. The second-order valence-corrected chi connectivity index (χ2v) is 11.3. The average Bonchev–Trinajstić information content (AvgIpc) is 3.17. The number of fused-ring (bicyclic) bond motifs is 5. The molecule has 3 nitrogen and oxygen atoms in total. The van der Waals surface area contributed by atoms with Gasteiger partial charge in [-0.25, -0.2) is 9.97 Å². The predicted octanol–water partition coefficient (Wildman–Crippen LogP) is 11.2. The predicted molar refractivity (Wildman–Crippen MR) is 192 cm³/mol. The quantitative estimate of drug-likeness (QED) is 0.151. The van der Waals surface area contributed by atoms with E-state index in [9.17, 15) is 0 Å². The smallest absolute Gasteiger partial charge is 0.0972 e. The van der Waals surface area contributed by atoms with Crippen molar-refractivity contribution >= 4 is 43.4 Å².